The lowest BCUT2D eigenvalue weighted by molar-refractivity contribution is -0.121. The number of aromatic amines is 1. The molecule has 3 unspecified atom stereocenters. The van der Waals surface area contributed by atoms with Crippen molar-refractivity contribution in [2.75, 3.05) is 80.2 Å². The van der Waals surface area contributed by atoms with E-state index < -0.39 is 0 Å². The predicted octanol–water partition coefficient (Wildman–Crippen LogP) is 7.91. The molecule has 0 radical (unpaired) electrons. The fraction of sp³-hybridized carbons (Fsp3) is 0.500. The van der Waals surface area contributed by atoms with E-state index in [2.05, 4.69) is 62.8 Å². The van der Waals surface area contributed by atoms with Crippen LogP contribution in [-0.4, -0.2) is 144 Å². The Kier molecular flexibility index (Phi) is 21.2. The van der Waals surface area contributed by atoms with Crippen molar-refractivity contribution in [2.24, 2.45) is 5.92 Å². The minimum atomic E-state index is -0.344. The number of piperazine rings is 2. The van der Waals surface area contributed by atoms with Crippen LogP contribution in [0.25, 0.3) is 15.7 Å². The smallest absolute Gasteiger partial charge is 0.286 e. The molecule has 76 heavy (non-hydrogen) atoms. The zero-order chi connectivity index (χ0) is 52.9. The summed E-state index contributed by atoms with van der Waals surface area (Å²) < 4.78 is 17.4. The number of tetrazole rings is 1. The van der Waals surface area contributed by atoms with Gasteiger partial charge in [-0.15, -0.1) is 5.10 Å². The largest absolute Gasteiger partial charge is 0.497 e. The number of carbonyl (C=O) groups is 1. The van der Waals surface area contributed by atoms with Gasteiger partial charge in [-0.3, -0.25) is 24.3 Å². The van der Waals surface area contributed by atoms with E-state index in [1.54, 1.807) is 14.2 Å². The molecule has 16 nitrogen and oxygen atoms in total. The van der Waals surface area contributed by atoms with E-state index in [0.29, 0.717) is 36.3 Å². The van der Waals surface area contributed by atoms with Crippen molar-refractivity contribution >= 4 is 16.8 Å². The Hall–Kier alpha value is -6.64. The number of hydrogen-bond donors (Lipinski definition) is 3. The quantitative estimate of drug-likeness (QED) is 0.0981. The van der Waals surface area contributed by atoms with Crippen molar-refractivity contribution in [1.82, 2.24) is 50.5 Å². The van der Waals surface area contributed by atoms with Crippen molar-refractivity contribution < 1.29 is 19.0 Å². The Morgan fingerprint density at radius 3 is 1.99 bits per heavy atom. The maximum absolute atomic E-state index is 13.6. The number of pyridine rings is 1. The number of methoxy groups -OCH3 is 3. The molecule has 404 valence electrons. The van der Waals surface area contributed by atoms with Crippen LogP contribution in [0.3, 0.4) is 0 Å². The molecule has 2 aromatic heterocycles. The number of amides is 1. The lowest BCUT2D eigenvalue weighted by Gasteiger charge is -2.43. The molecule has 3 aliphatic carbocycles. The lowest BCUT2D eigenvalue weighted by atomic mass is 9.91. The van der Waals surface area contributed by atoms with Gasteiger partial charge in [0, 0.05) is 99.8 Å². The average molecular weight is 1030 g/mol. The third-order valence-corrected chi connectivity index (χ3v) is 15.6. The predicted molar refractivity (Wildman–Crippen MR) is 299 cm³/mol. The summed E-state index contributed by atoms with van der Waals surface area (Å²) in [6.07, 6.45) is 23.2. The van der Waals surface area contributed by atoms with Crippen LogP contribution in [0.15, 0.2) is 126 Å². The van der Waals surface area contributed by atoms with Crippen molar-refractivity contribution in [3.63, 3.8) is 0 Å². The molecule has 2 saturated carbocycles. The summed E-state index contributed by atoms with van der Waals surface area (Å²) in [6.45, 7) is 16.5. The zero-order valence-corrected chi connectivity index (χ0v) is 45.0. The molecule has 0 spiro atoms. The Balaban J connectivity index is 0.000000167. The minimum absolute atomic E-state index is 0.00954. The van der Waals surface area contributed by atoms with Gasteiger partial charge >= 0.3 is 0 Å². The van der Waals surface area contributed by atoms with Gasteiger partial charge in [-0.25, -0.2) is 11.3 Å². The maximum atomic E-state index is 13.6. The standard InChI is InChI=1S/C30H37N7O2.C11H13NO3.C10H20N2.C9H9N/c1-39-25-12-13-27-23(20-25)21-26(30(38)31-27)28(36-18-16-35(17-19-36)24-10-6-3-7-11-24)29-32-33-34-37(29)15-14-22-8-4-2-5-9-22;1-14-8-3-4-9-7(5-8)6-10(15-2)11(13)12-9;1-2-4-10(5-3-1)12-8-6-11-7-9-12;1-10-8-7-9-5-3-2-4-6-9/h2,4-5,8-9,12-13,20-21,24,28H,3,6-7,10-11,14-19H2,1H3,(H,31,38);3-7,9H,1-2H3,(H,12,13);10-11H,1-9H2;2-6H,7-8H2. The highest BCUT2D eigenvalue weighted by Crippen LogP contribution is 2.31. The molecule has 3 aliphatic heterocycles. The third-order valence-electron chi connectivity index (χ3n) is 15.6. The van der Waals surface area contributed by atoms with Gasteiger partial charge in [-0.2, -0.15) is 0 Å². The van der Waals surface area contributed by atoms with Crippen molar-refractivity contribution in [2.45, 2.75) is 108 Å². The molecule has 1 amide bonds. The number of H-pyrrole nitrogens is 1. The molecule has 3 aromatic carbocycles. The molecule has 4 fully saturated rings. The van der Waals surface area contributed by atoms with Gasteiger partial charge < -0.3 is 34.7 Å². The number of benzene rings is 3. The van der Waals surface area contributed by atoms with Gasteiger partial charge in [-0.05, 0) is 96.2 Å². The van der Waals surface area contributed by atoms with Gasteiger partial charge in [0.25, 0.3) is 11.5 Å². The second kappa shape index (κ2) is 29.0. The summed E-state index contributed by atoms with van der Waals surface area (Å²) in [6, 6.07) is 29.4. The van der Waals surface area contributed by atoms with E-state index in [1.165, 1.54) is 109 Å². The zero-order valence-electron chi connectivity index (χ0n) is 45.0. The number of nitrogens with zero attached hydrogens (tertiary/aromatic N) is 8. The topological polar surface area (TPSA) is 159 Å². The van der Waals surface area contributed by atoms with Gasteiger partial charge in [-0.1, -0.05) is 105 Å². The van der Waals surface area contributed by atoms with Crippen molar-refractivity contribution in [3.05, 3.63) is 165 Å². The summed E-state index contributed by atoms with van der Waals surface area (Å²) in [7, 11) is 4.77. The van der Waals surface area contributed by atoms with Crippen molar-refractivity contribution in [3.8, 4) is 5.75 Å². The van der Waals surface area contributed by atoms with Gasteiger partial charge in [0.2, 0.25) is 6.54 Å². The monoisotopic (exact) mass is 1030 g/mol. The summed E-state index contributed by atoms with van der Waals surface area (Å²) >= 11 is 0. The number of aryl methyl sites for hydroxylation is 2. The molecule has 16 heteroatoms. The van der Waals surface area contributed by atoms with Crippen LogP contribution >= 0.6 is 0 Å². The van der Waals surface area contributed by atoms with Gasteiger partial charge in [0.05, 0.1) is 27.4 Å². The molecule has 0 bridgehead atoms. The molecular formula is C60H79N11O5. The molecular weight excluding hydrogens is 955 g/mol. The van der Waals surface area contributed by atoms with Crippen LogP contribution in [0.1, 0.15) is 92.8 Å². The first-order valence-corrected chi connectivity index (χ1v) is 27.7. The number of aromatic nitrogens is 5. The first-order chi connectivity index (χ1) is 37.3. The second-order valence-corrected chi connectivity index (χ2v) is 20.4. The van der Waals surface area contributed by atoms with Gasteiger partial charge in [0.15, 0.2) is 11.6 Å². The van der Waals surface area contributed by atoms with Crippen LogP contribution in [0, 0.1) is 12.5 Å². The van der Waals surface area contributed by atoms with Crippen LogP contribution in [0.2, 0.25) is 0 Å². The highest BCUT2D eigenvalue weighted by molar-refractivity contribution is 5.93. The van der Waals surface area contributed by atoms with E-state index in [4.69, 9.17) is 20.8 Å². The van der Waals surface area contributed by atoms with Crippen LogP contribution in [-0.2, 0) is 33.7 Å². The molecule has 3 atom stereocenters. The number of ether oxygens (including phenoxy) is 3. The normalized spacial score (nSPS) is 20.8. The second-order valence-electron chi connectivity index (χ2n) is 20.4. The van der Waals surface area contributed by atoms with E-state index in [0.717, 1.165) is 67.5 Å². The third kappa shape index (κ3) is 15.5. The van der Waals surface area contributed by atoms with E-state index in [-0.39, 0.29) is 29.5 Å². The number of hydrogen-bond acceptors (Lipinski definition) is 12. The Morgan fingerprint density at radius 1 is 0.724 bits per heavy atom. The summed E-state index contributed by atoms with van der Waals surface area (Å²) in [5, 5.41) is 20.1. The molecule has 5 heterocycles. The summed E-state index contributed by atoms with van der Waals surface area (Å²) in [4.78, 5) is 39.1. The minimum Gasteiger partial charge on any atom is -0.497 e. The van der Waals surface area contributed by atoms with E-state index >= 15 is 0 Å². The Morgan fingerprint density at radius 2 is 1.37 bits per heavy atom. The summed E-state index contributed by atoms with van der Waals surface area (Å²) in [5.41, 5.74) is 3.82. The number of carbonyl (C=O) groups excluding carboxylic acids is 1. The average Bonchev–Trinajstić information content (AvgIpc) is 3.95. The van der Waals surface area contributed by atoms with E-state index in [1.807, 2.05) is 102 Å². The number of rotatable bonds is 13. The molecule has 3 N–H and O–H groups in total. The number of allylic oxidation sites excluding steroid dienone is 1. The SMILES string of the molecule is C1CCC(N2CCNCC2)CC1.COC1=CC2C=C(OC)C(=O)NC2C=C1.COc1ccc2[nH]c(=O)c(C(c3nnnn3CCc3ccccc3)N3CCN(C4CCCCC4)CC3)cc2c1.[C-]#[N+]CCc1ccccc1. The molecule has 6 aliphatic rings. The fourth-order valence-corrected chi connectivity index (χ4v) is 11.3. The maximum Gasteiger partial charge on any atom is 0.286 e. The number of fused-ring (bicyclic) bond motifs is 2. The fourth-order valence-electron chi connectivity index (χ4n) is 11.3. The van der Waals surface area contributed by atoms with E-state index in [9.17, 15) is 9.59 Å². The van der Waals surface area contributed by atoms with Crippen molar-refractivity contribution in [1.29, 1.82) is 0 Å². The van der Waals surface area contributed by atoms with Crippen LogP contribution in [0.5, 0.6) is 5.75 Å². The molecule has 11 rings (SSSR count). The van der Waals surface area contributed by atoms with Crippen LogP contribution in [0.4, 0.5) is 0 Å². The first-order valence-electron chi connectivity index (χ1n) is 27.7. The number of nitrogens with one attached hydrogen (secondary N) is 3. The summed E-state index contributed by atoms with van der Waals surface area (Å²) in [5.74, 6) is 2.57. The molecule has 5 aromatic rings. The highest BCUT2D eigenvalue weighted by Gasteiger charge is 2.35. The Bertz CT molecular complexity index is 2750. The van der Waals surface area contributed by atoms with Gasteiger partial charge in [0.1, 0.15) is 17.6 Å². The first kappa shape index (κ1) is 55.6. The Labute approximate surface area is 449 Å². The van der Waals surface area contributed by atoms with Crippen LogP contribution < -0.4 is 20.9 Å². The lowest BCUT2D eigenvalue weighted by Crippen LogP contribution is -2.52. The molecule has 2 saturated heterocycles. The highest BCUT2D eigenvalue weighted by atomic mass is 16.5.